The molecule has 2 aromatic rings. The minimum Gasteiger partial charge on any atom is -0.496 e. The Morgan fingerprint density at radius 3 is 2.38 bits per heavy atom. The second-order valence-electron chi connectivity index (χ2n) is 7.50. The normalized spacial score (nSPS) is 15.8. The quantitative estimate of drug-likeness (QED) is 0.753. The van der Waals surface area contributed by atoms with Gasteiger partial charge in [0.15, 0.2) is 0 Å². The van der Waals surface area contributed by atoms with E-state index in [0.29, 0.717) is 31.1 Å². The van der Waals surface area contributed by atoms with Gasteiger partial charge in [-0.3, -0.25) is 4.79 Å². The number of hydrogen-bond donors (Lipinski definition) is 1. The first kappa shape index (κ1) is 21.3. The molecule has 0 aromatic heterocycles. The first-order chi connectivity index (χ1) is 13.9. The topological polar surface area (TPSA) is 75.7 Å². The molecule has 6 nitrogen and oxygen atoms in total. The van der Waals surface area contributed by atoms with Gasteiger partial charge in [-0.2, -0.15) is 0 Å². The molecular weight excluding hydrogens is 388 g/mol. The van der Waals surface area contributed by atoms with Crippen LogP contribution in [0.5, 0.6) is 5.75 Å². The zero-order valence-corrected chi connectivity index (χ0v) is 17.7. The van der Waals surface area contributed by atoms with Crippen molar-refractivity contribution in [1.29, 1.82) is 0 Å². The molecule has 0 bridgehead atoms. The van der Waals surface area contributed by atoms with Crippen LogP contribution in [-0.4, -0.2) is 45.1 Å². The molecule has 1 fully saturated rings. The molecule has 1 aliphatic heterocycles. The fourth-order valence-electron chi connectivity index (χ4n) is 3.70. The molecule has 0 unspecified atom stereocenters. The summed E-state index contributed by atoms with van der Waals surface area (Å²) in [6.45, 7) is 1.59. The van der Waals surface area contributed by atoms with Crippen molar-refractivity contribution in [3.63, 3.8) is 0 Å². The predicted molar refractivity (Wildman–Crippen MR) is 113 cm³/mol. The van der Waals surface area contributed by atoms with Gasteiger partial charge in [0, 0.05) is 30.8 Å². The molecule has 2 aromatic carbocycles. The molecule has 1 aliphatic rings. The van der Waals surface area contributed by atoms with Gasteiger partial charge >= 0.3 is 0 Å². The molecule has 7 heteroatoms. The lowest BCUT2D eigenvalue weighted by molar-refractivity contribution is 0.0950. The Morgan fingerprint density at radius 1 is 1.10 bits per heavy atom. The minimum absolute atomic E-state index is 0.121. The molecule has 1 heterocycles. The summed E-state index contributed by atoms with van der Waals surface area (Å²) < 4.78 is 30.1. The number of benzene rings is 2. The molecule has 0 radical (unpaired) electrons. The Balaban J connectivity index is 1.51. The lowest BCUT2D eigenvalue weighted by atomic mass is 9.91. The summed E-state index contributed by atoms with van der Waals surface area (Å²) in [7, 11) is -1.47. The van der Waals surface area contributed by atoms with Crippen LogP contribution in [-0.2, 0) is 23.0 Å². The molecule has 29 heavy (non-hydrogen) atoms. The van der Waals surface area contributed by atoms with E-state index in [-0.39, 0.29) is 5.91 Å². The van der Waals surface area contributed by atoms with E-state index in [9.17, 15) is 13.2 Å². The maximum absolute atomic E-state index is 12.4. The molecule has 0 atom stereocenters. The van der Waals surface area contributed by atoms with E-state index in [1.165, 1.54) is 11.8 Å². The van der Waals surface area contributed by atoms with Crippen molar-refractivity contribution >= 4 is 15.9 Å². The second kappa shape index (κ2) is 9.41. The van der Waals surface area contributed by atoms with Gasteiger partial charge < -0.3 is 10.1 Å². The van der Waals surface area contributed by atoms with Crippen LogP contribution in [0.3, 0.4) is 0 Å². The van der Waals surface area contributed by atoms with Crippen LogP contribution in [0, 0.1) is 5.92 Å². The van der Waals surface area contributed by atoms with Crippen LogP contribution in [0.2, 0.25) is 0 Å². The number of piperidine rings is 1. The van der Waals surface area contributed by atoms with Crippen LogP contribution < -0.4 is 10.1 Å². The maximum atomic E-state index is 12.4. The molecule has 0 saturated carbocycles. The first-order valence-corrected chi connectivity index (χ1v) is 11.7. The van der Waals surface area contributed by atoms with Crippen molar-refractivity contribution < 1.29 is 17.9 Å². The Bertz CT molecular complexity index is 934. The highest BCUT2D eigenvalue weighted by Crippen LogP contribution is 2.23. The van der Waals surface area contributed by atoms with Crippen LogP contribution in [0.25, 0.3) is 0 Å². The number of amides is 1. The Morgan fingerprint density at radius 2 is 1.76 bits per heavy atom. The van der Waals surface area contributed by atoms with E-state index in [0.717, 1.165) is 30.6 Å². The van der Waals surface area contributed by atoms with E-state index in [2.05, 4.69) is 5.32 Å². The third-order valence-corrected chi connectivity index (χ3v) is 6.72. The zero-order chi connectivity index (χ0) is 20.9. The van der Waals surface area contributed by atoms with Gasteiger partial charge in [-0.05, 0) is 48.9 Å². The molecule has 1 amide bonds. The van der Waals surface area contributed by atoms with E-state index in [1.54, 1.807) is 11.4 Å². The summed E-state index contributed by atoms with van der Waals surface area (Å²) in [5.74, 6) is 1.10. The van der Waals surface area contributed by atoms with Crippen LogP contribution in [0.15, 0.2) is 48.5 Å². The number of para-hydroxylation sites is 1. The Hall–Kier alpha value is -2.38. The van der Waals surface area contributed by atoms with E-state index < -0.39 is 10.0 Å². The molecule has 0 spiro atoms. The van der Waals surface area contributed by atoms with E-state index in [1.807, 2.05) is 48.5 Å². The Labute approximate surface area is 172 Å². The van der Waals surface area contributed by atoms with Crippen molar-refractivity contribution in [2.45, 2.75) is 25.8 Å². The fraction of sp³-hybridized carbons (Fsp3) is 0.409. The number of nitrogens with one attached hydrogen (secondary N) is 1. The highest BCUT2D eigenvalue weighted by atomic mass is 32.2. The van der Waals surface area contributed by atoms with E-state index >= 15 is 0 Å². The number of sulfonamides is 1. The summed E-state index contributed by atoms with van der Waals surface area (Å²) in [4.78, 5) is 12.4. The number of hydrogen-bond acceptors (Lipinski definition) is 4. The molecular formula is C22H28N2O4S. The minimum atomic E-state index is -3.09. The summed E-state index contributed by atoms with van der Waals surface area (Å²) in [5.41, 5.74) is 2.72. The third-order valence-electron chi connectivity index (χ3n) is 5.41. The van der Waals surface area contributed by atoms with Gasteiger partial charge in [0.1, 0.15) is 5.75 Å². The highest BCUT2D eigenvalue weighted by Gasteiger charge is 2.24. The average molecular weight is 417 g/mol. The number of ether oxygens (including phenoxy) is 1. The van der Waals surface area contributed by atoms with Gasteiger partial charge in [-0.1, -0.05) is 30.3 Å². The summed E-state index contributed by atoms with van der Waals surface area (Å²) in [6.07, 6.45) is 3.91. The molecule has 3 rings (SSSR count). The van der Waals surface area contributed by atoms with Crippen molar-refractivity contribution in [2.24, 2.45) is 5.92 Å². The SMILES string of the molecule is COc1ccccc1CNC(=O)c1ccc(CC2CCN(S(C)(=O)=O)CC2)cc1. The maximum Gasteiger partial charge on any atom is 0.251 e. The lowest BCUT2D eigenvalue weighted by Crippen LogP contribution is -2.38. The molecule has 1 N–H and O–H groups in total. The van der Waals surface area contributed by atoms with Gasteiger partial charge in [-0.15, -0.1) is 0 Å². The average Bonchev–Trinajstić information content (AvgIpc) is 2.72. The van der Waals surface area contributed by atoms with Gasteiger partial charge in [-0.25, -0.2) is 12.7 Å². The van der Waals surface area contributed by atoms with Crippen molar-refractivity contribution in [1.82, 2.24) is 9.62 Å². The smallest absolute Gasteiger partial charge is 0.251 e. The monoisotopic (exact) mass is 416 g/mol. The van der Waals surface area contributed by atoms with E-state index in [4.69, 9.17) is 4.74 Å². The van der Waals surface area contributed by atoms with Crippen LogP contribution >= 0.6 is 0 Å². The number of nitrogens with zero attached hydrogens (tertiary/aromatic N) is 1. The van der Waals surface area contributed by atoms with Crippen LogP contribution in [0.1, 0.15) is 34.3 Å². The standard InChI is InChI=1S/C22H28N2O4S/c1-28-21-6-4-3-5-20(21)16-23-22(25)19-9-7-17(8-10-19)15-18-11-13-24(14-12-18)29(2,26)27/h3-10,18H,11-16H2,1-2H3,(H,23,25). The van der Waals surface area contributed by atoms with Crippen molar-refractivity contribution in [2.75, 3.05) is 26.5 Å². The van der Waals surface area contributed by atoms with Crippen molar-refractivity contribution in [3.8, 4) is 5.75 Å². The first-order valence-electron chi connectivity index (χ1n) is 9.81. The third kappa shape index (κ3) is 5.81. The number of rotatable bonds is 7. The number of methoxy groups -OCH3 is 1. The summed E-state index contributed by atoms with van der Waals surface area (Å²) >= 11 is 0. The largest absolute Gasteiger partial charge is 0.496 e. The van der Waals surface area contributed by atoms with Crippen molar-refractivity contribution in [3.05, 3.63) is 65.2 Å². The predicted octanol–water partition coefficient (Wildman–Crippen LogP) is 2.84. The molecule has 1 saturated heterocycles. The van der Waals surface area contributed by atoms with Gasteiger partial charge in [0.05, 0.1) is 13.4 Å². The summed E-state index contributed by atoms with van der Waals surface area (Å²) in [5, 5.41) is 2.93. The van der Waals surface area contributed by atoms with Gasteiger partial charge in [0.2, 0.25) is 10.0 Å². The fourth-order valence-corrected chi connectivity index (χ4v) is 4.57. The Kier molecular flexibility index (Phi) is 6.92. The van der Waals surface area contributed by atoms with Gasteiger partial charge in [0.25, 0.3) is 5.91 Å². The highest BCUT2D eigenvalue weighted by molar-refractivity contribution is 7.88. The second-order valence-corrected chi connectivity index (χ2v) is 9.48. The molecule has 0 aliphatic carbocycles. The zero-order valence-electron chi connectivity index (χ0n) is 16.9. The van der Waals surface area contributed by atoms with Crippen LogP contribution in [0.4, 0.5) is 0 Å². The summed E-state index contributed by atoms with van der Waals surface area (Å²) in [6, 6.07) is 15.3. The lowest BCUT2D eigenvalue weighted by Gasteiger charge is -2.30. The number of carbonyl (C=O) groups excluding carboxylic acids is 1. The molecule has 156 valence electrons. The number of carbonyl (C=O) groups is 1.